The Bertz CT molecular complexity index is 979. The highest BCUT2D eigenvalue weighted by Gasteiger charge is 2.83. The quantitative estimate of drug-likeness (QED) is 0.293. The minimum atomic E-state index is -1.91. The summed E-state index contributed by atoms with van der Waals surface area (Å²) in [6.45, 7) is 17.8. The molecule has 3 unspecified atom stereocenters. The molecule has 4 aliphatic carbocycles. The van der Waals surface area contributed by atoms with E-state index in [0.29, 0.717) is 6.42 Å². The zero-order valence-electron chi connectivity index (χ0n) is 21.8. The van der Waals surface area contributed by atoms with Crippen molar-refractivity contribution in [3.05, 3.63) is 24.3 Å². The number of ether oxygens (including phenoxy) is 2. The van der Waals surface area contributed by atoms with Gasteiger partial charge in [-0.25, -0.2) is 0 Å². The van der Waals surface area contributed by atoms with Crippen LogP contribution in [0.2, 0.25) is 39.3 Å². The van der Waals surface area contributed by atoms with E-state index in [1.165, 1.54) is 7.11 Å². The van der Waals surface area contributed by atoms with Crippen LogP contribution in [0.1, 0.15) is 32.1 Å². The molecule has 0 amide bonds. The minimum absolute atomic E-state index is 0.0781. The first kappa shape index (κ1) is 24.5. The third kappa shape index (κ3) is 3.10. The van der Waals surface area contributed by atoms with Crippen molar-refractivity contribution in [3.8, 4) is 0 Å². The third-order valence-corrected chi connectivity index (χ3v) is 11.2. The van der Waals surface area contributed by atoms with Crippen LogP contribution in [-0.2, 0) is 27.9 Å². The molecule has 0 aromatic carbocycles. The van der Waals surface area contributed by atoms with E-state index in [-0.39, 0.29) is 35.8 Å². The van der Waals surface area contributed by atoms with Crippen molar-refractivity contribution in [3.63, 3.8) is 0 Å². The Morgan fingerprint density at radius 2 is 1.91 bits per heavy atom. The summed E-state index contributed by atoms with van der Waals surface area (Å²) in [4.78, 5) is 27.3. The van der Waals surface area contributed by atoms with Crippen LogP contribution >= 0.6 is 0 Å². The van der Waals surface area contributed by atoms with Crippen molar-refractivity contribution in [2.45, 2.75) is 82.6 Å². The lowest BCUT2D eigenvalue weighted by Gasteiger charge is -2.48. The molecule has 4 fully saturated rings. The molecule has 5 aliphatic rings. The molecule has 1 heterocycles. The molecule has 0 aromatic heterocycles. The summed E-state index contributed by atoms with van der Waals surface area (Å²) < 4.78 is 25.1. The first-order chi connectivity index (χ1) is 15.6. The molecule has 3 saturated carbocycles. The van der Waals surface area contributed by atoms with Gasteiger partial charge in [0, 0.05) is 18.3 Å². The summed E-state index contributed by atoms with van der Waals surface area (Å²) in [6, 6.07) is 0. The Kier molecular flexibility index (Phi) is 5.16. The first-order valence-electron chi connectivity index (χ1n) is 12.7. The fraction of sp³-hybridized carbons (Fsp3) is 0.769. The van der Waals surface area contributed by atoms with Gasteiger partial charge >= 0.3 is 11.9 Å². The predicted molar refractivity (Wildman–Crippen MR) is 134 cm³/mol. The predicted octanol–water partition coefficient (Wildman–Crippen LogP) is 4.84. The molecule has 7 atom stereocenters. The normalized spacial score (nSPS) is 44.6. The number of carbonyl (C=O) groups excluding carboxylic acids is 2. The smallest absolute Gasteiger partial charge is 0.319 e. The van der Waals surface area contributed by atoms with E-state index >= 15 is 0 Å². The molecule has 1 saturated heterocycles. The summed E-state index contributed by atoms with van der Waals surface area (Å²) in [5.41, 5.74) is -1.30. The average molecular weight is 505 g/mol. The van der Waals surface area contributed by atoms with Crippen molar-refractivity contribution in [1.82, 2.24) is 0 Å². The molecule has 0 N–H and O–H groups in total. The summed E-state index contributed by atoms with van der Waals surface area (Å²) >= 11 is 0. The van der Waals surface area contributed by atoms with Crippen molar-refractivity contribution in [2.24, 2.45) is 28.6 Å². The summed E-state index contributed by atoms with van der Waals surface area (Å²) in [7, 11) is -2.31. The highest BCUT2D eigenvalue weighted by molar-refractivity contribution is 6.70. The number of fused-ring (bicyclic) bond motifs is 1. The third-order valence-electron chi connectivity index (χ3n) is 9.17. The SMILES string of the molecule is C=C1C[C@]23C[C@@]1(O[Si](C)(C)C)CCC2[C@@]12CC=CC(CO[Si](C)(C)C)(C(=O)O1)C2[C@@H]3C(=O)OC. The van der Waals surface area contributed by atoms with Gasteiger partial charge in [-0.05, 0) is 76.0 Å². The summed E-state index contributed by atoms with van der Waals surface area (Å²) in [5.74, 6) is -1.14. The van der Waals surface area contributed by atoms with Gasteiger partial charge in [0.2, 0.25) is 0 Å². The number of hydrogen-bond acceptors (Lipinski definition) is 6. The lowest BCUT2D eigenvalue weighted by molar-refractivity contribution is -0.163. The van der Waals surface area contributed by atoms with E-state index in [4.69, 9.17) is 18.3 Å². The molecule has 1 aliphatic heterocycles. The van der Waals surface area contributed by atoms with Gasteiger partial charge in [-0.2, -0.15) is 0 Å². The van der Waals surface area contributed by atoms with Gasteiger partial charge in [0.1, 0.15) is 11.0 Å². The summed E-state index contributed by atoms with van der Waals surface area (Å²) in [6.07, 6.45) is 7.95. The molecule has 1 spiro atoms. The Balaban J connectivity index is 1.65. The molecule has 8 heteroatoms. The molecule has 34 heavy (non-hydrogen) atoms. The van der Waals surface area contributed by atoms with Gasteiger partial charge in [-0.15, -0.1) is 0 Å². The van der Waals surface area contributed by atoms with Gasteiger partial charge in [0.25, 0.3) is 0 Å². The molecule has 5 rings (SSSR count). The van der Waals surface area contributed by atoms with E-state index in [2.05, 4.69) is 51.9 Å². The Morgan fingerprint density at radius 1 is 1.21 bits per heavy atom. The standard InChI is InChI=1S/C26H40O6Si2/c1-17-14-24-15-25(17,32-34(6,7)8)13-10-18(24)26-12-9-11-23(22(28)31-26,16-30-33(3,4)5)20(26)19(24)21(27)29-2/h9,11,18-20H,1,10,12-16H2,2-8H3/t18?,19-,20?,23?,24+,25+,26-/m1/s1. The lowest BCUT2D eigenvalue weighted by atomic mass is 9.62. The maximum Gasteiger partial charge on any atom is 0.319 e. The van der Waals surface area contributed by atoms with E-state index in [1.807, 2.05) is 6.08 Å². The van der Waals surface area contributed by atoms with E-state index in [0.717, 1.165) is 31.3 Å². The lowest BCUT2D eigenvalue weighted by Crippen LogP contribution is -2.50. The number of esters is 2. The van der Waals surface area contributed by atoms with Crippen molar-refractivity contribution in [2.75, 3.05) is 13.7 Å². The van der Waals surface area contributed by atoms with Crippen LogP contribution in [0.15, 0.2) is 24.3 Å². The van der Waals surface area contributed by atoms with Crippen LogP contribution in [0.25, 0.3) is 0 Å². The molecular weight excluding hydrogens is 464 g/mol. The van der Waals surface area contributed by atoms with Gasteiger partial charge in [-0.3, -0.25) is 9.59 Å². The van der Waals surface area contributed by atoms with Gasteiger partial charge < -0.3 is 18.3 Å². The zero-order chi connectivity index (χ0) is 24.9. The van der Waals surface area contributed by atoms with Crippen molar-refractivity contribution in [1.29, 1.82) is 0 Å². The molecule has 4 bridgehead atoms. The molecule has 188 valence electrons. The maximum absolute atomic E-state index is 13.7. The second-order valence-corrected chi connectivity index (χ2v) is 22.3. The van der Waals surface area contributed by atoms with Crippen molar-refractivity contribution < 1.29 is 27.9 Å². The highest BCUT2D eigenvalue weighted by atomic mass is 28.4. The topological polar surface area (TPSA) is 71.1 Å². The zero-order valence-corrected chi connectivity index (χ0v) is 23.8. The van der Waals surface area contributed by atoms with E-state index in [9.17, 15) is 9.59 Å². The fourth-order valence-corrected chi connectivity index (χ4v) is 10.6. The fourth-order valence-electron chi connectivity index (χ4n) is 8.43. The van der Waals surface area contributed by atoms with Crippen molar-refractivity contribution >= 4 is 28.6 Å². The van der Waals surface area contributed by atoms with Gasteiger partial charge in [-0.1, -0.05) is 18.7 Å². The highest BCUT2D eigenvalue weighted by Crippen LogP contribution is 2.78. The number of carbonyl (C=O) groups is 2. The first-order valence-corrected chi connectivity index (χ1v) is 19.5. The van der Waals surface area contributed by atoms with Crippen LogP contribution in [0.4, 0.5) is 0 Å². The van der Waals surface area contributed by atoms with Crippen LogP contribution in [0.5, 0.6) is 0 Å². The van der Waals surface area contributed by atoms with Gasteiger partial charge in [0.15, 0.2) is 16.6 Å². The van der Waals surface area contributed by atoms with Crippen LogP contribution in [-0.4, -0.2) is 53.5 Å². The maximum atomic E-state index is 13.7. The van der Waals surface area contributed by atoms with Crippen LogP contribution in [0.3, 0.4) is 0 Å². The van der Waals surface area contributed by atoms with Gasteiger partial charge in [0.05, 0.1) is 25.2 Å². The number of hydrogen-bond donors (Lipinski definition) is 0. The molecular formula is C26H40O6Si2. The van der Waals surface area contributed by atoms with E-state index < -0.39 is 39.2 Å². The molecule has 6 nitrogen and oxygen atoms in total. The molecule has 0 aromatic rings. The Morgan fingerprint density at radius 3 is 2.53 bits per heavy atom. The molecule has 0 radical (unpaired) electrons. The van der Waals surface area contributed by atoms with Crippen LogP contribution < -0.4 is 0 Å². The minimum Gasteiger partial charge on any atom is -0.469 e. The monoisotopic (exact) mass is 504 g/mol. The average Bonchev–Trinajstić information content (AvgIpc) is 3.12. The number of rotatable bonds is 6. The second-order valence-electron chi connectivity index (χ2n) is 13.4. The largest absolute Gasteiger partial charge is 0.469 e. The summed E-state index contributed by atoms with van der Waals surface area (Å²) in [5, 5.41) is 0. The van der Waals surface area contributed by atoms with E-state index in [1.54, 1.807) is 0 Å². The number of methoxy groups -OCH3 is 1. The Hall–Kier alpha value is -1.23. The second kappa shape index (κ2) is 7.17. The Labute approximate surface area is 205 Å². The van der Waals surface area contributed by atoms with Crippen LogP contribution in [0, 0.1) is 28.6 Å².